The van der Waals surface area contributed by atoms with Gasteiger partial charge < -0.3 is 0 Å². The van der Waals surface area contributed by atoms with Gasteiger partial charge >= 0.3 is 0 Å². The maximum atomic E-state index is 12.3. The fourth-order valence-electron chi connectivity index (χ4n) is 2.28. The Balaban J connectivity index is 0.00000208. The summed E-state index contributed by atoms with van der Waals surface area (Å²) in [5, 5.41) is 2.91. The van der Waals surface area contributed by atoms with Gasteiger partial charge in [-0.3, -0.25) is 9.78 Å². The van der Waals surface area contributed by atoms with E-state index in [0.29, 0.717) is 5.56 Å². The molecule has 2 heterocycles. The molecule has 0 aliphatic rings. The minimum Gasteiger partial charge on any atom is -0.289 e. The number of ketones is 1. The van der Waals surface area contributed by atoms with E-state index in [4.69, 9.17) is 0 Å². The van der Waals surface area contributed by atoms with Gasteiger partial charge in [-0.2, -0.15) is 0 Å². The lowest BCUT2D eigenvalue weighted by atomic mass is 10.0. The van der Waals surface area contributed by atoms with E-state index in [-0.39, 0.29) is 18.2 Å². The van der Waals surface area contributed by atoms with Crippen molar-refractivity contribution >= 4 is 35.6 Å². The number of pyridine rings is 1. The van der Waals surface area contributed by atoms with Gasteiger partial charge in [0.25, 0.3) is 0 Å². The molecule has 0 N–H and O–H groups in total. The Morgan fingerprint density at radius 3 is 2.75 bits per heavy atom. The topological polar surface area (TPSA) is 42.9 Å². The molecular weight excluding hydrogens is 340 g/mol. The van der Waals surface area contributed by atoms with Gasteiger partial charge in [0.1, 0.15) is 5.01 Å². The van der Waals surface area contributed by atoms with Crippen LogP contribution in [0.2, 0.25) is 0 Å². The van der Waals surface area contributed by atoms with E-state index in [1.165, 1.54) is 0 Å². The van der Waals surface area contributed by atoms with Gasteiger partial charge in [0.2, 0.25) is 0 Å². The van der Waals surface area contributed by atoms with Crippen LogP contribution in [0.15, 0.2) is 60.2 Å². The number of hydrogen-bond acceptors (Lipinski definition) is 4. The van der Waals surface area contributed by atoms with Crippen molar-refractivity contribution in [3.63, 3.8) is 0 Å². The molecule has 0 fully saturated rings. The van der Waals surface area contributed by atoms with Gasteiger partial charge in [-0.05, 0) is 30.2 Å². The van der Waals surface area contributed by atoms with Crippen molar-refractivity contribution in [3.8, 4) is 10.6 Å². The Bertz CT molecular complexity index is 843. The Kier molecular flexibility index (Phi) is 6.41. The maximum Gasteiger partial charge on any atom is 0.186 e. The number of nitrogens with zero attached hydrogens (tertiary/aromatic N) is 2. The number of thiazole rings is 1. The molecule has 0 unspecified atom stereocenters. The van der Waals surface area contributed by atoms with Crippen LogP contribution < -0.4 is 0 Å². The zero-order valence-corrected chi connectivity index (χ0v) is 14.8. The summed E-state index contributed by atoms with van der Waals surface area (Å²) in [6, 6.07) is 11.8. The third kappa shape index (κ3) is 4.16. The average molecular weight is 357 g/mol. The van der Waals surface area contributed by atoms with E-state index in [0.717, 1.165) is 28.2 Å². The van der Waals surface area contributed by atoms with Crippen LogP contribution in [-0.2, 0) is 6.42 Å². The van der Waals surface area contributed by atoms with Crippen LogP contribution >= 0.6 is 23.7 Å². The lowest BCUT2D eigenvalue weighted by Gasteiger charge is -2.02. The van der Waals surface area contributed by atoms with E-state index in [1.54, 1.807) is 41.9 Å². The van der Waals surface area contributed by atoms with Crippen LogP contribution in [0.25, 0.3) is 16.6 Å². The number of hydrogen-bond donors (Lipinski definition) is 0. The smallest absolute Gasteiger partial charge is 0.186 e. The second kappa shape index (κ2) is 8.52. The summed E-state index contributed by atoms with van der Waals surface area (Å²) < 4.78 is 0. The number of aryl methyl sites for hydroxylation is 1. The summed E-state index contributed by atoms with van der Waals surface area (Å²) in [5.41, 5.74) is 3.56. The normalized spacial score (nSPS) is 10.5. The number of benzene rings is 1. The van der Waals surface area contributed by atoms with Crippen molar-refractivity contribution in [1.29, 1.82) is 0 Å². The van der Waals surface area contributed by atoms with E-state index < -0.39 is 0 Å². The van der Waals surface area contributed by atoms with Gasteiger partial charge in [0.05, 0.1) is 5.69 Å². The second-order valence-electron chi connectivity index (χ2n) is 5.03. The largest absolute Gasteiger partial charge is 0.289 e. The lowest BCUT2D eigenvalue weighted by molar-refractivity contribution is 0.104. The zero-order chi connectivity index (χ0) is 16.1. The first-order valence-electron chi connectivity index (χ1n) is 7.44. The molecule has 0 spiro atoms. The monoisotopic (exact) mass is 356 g/mol. The Morgan fingerprint density at radius 2 is 2.00 bits per heavy atom. The van der Waals surface area contributed by atoms with Crippen LogP contribution in [0, 0.1) is 0 Å². The number of carbonyl (C=O) groups excluding carboxylic acids is 1. The standard InChI is InChI=1S/C19H16N2OS.ClH/c1-2-14-12-20-11-10-17(14)18(22)9-8-16-13-23-19(21-16)15-6-4-3-5-7-15;/h3-13H,2H2,1H3;1H/b9-8+;. The van der Waals surface area contributed by atoms with Crippen molar-refractivity contribution in [2.45, 2.75) is 13.3 Å². The molecule has 0 bridgehead atoms. The maximum absolute atomic E-state index is 12.3. The number of halogens is 1. The summed E-state index contributed by atoms with van der Waals surface area (Å²) in [4.78, 5) is 21.0. The third-order valence-corrected chi connectivity index (χ3v) is 4.41. The molecule has 3 aromatic rings. The van der Waals surface area contributed by atoms with Crippen LogP contribution in [0.3, 0.4) is 0 Å². The highest BCUT2D eigenvalue weighted by molar-refractivity contribution is 7.13. The minimum absolute atomic E-state index is 0. The first kappa shape index (κ1) is 18.0. The first-order chi connectivity index (χ1) is 11.3. The summed E-state index contributed by atoms with van der Waals surface area (Å²) in [5.74, 6) is -0.0153. The van der Waals surface area contributed by atoms with Crippen molar-refractivity contribution in [3.05, 3.63) is 77.1 Å². The van der Waals surface area contributed by atoms with Crippen LogP contribution in [0.5, 0.6) is 0 Å². The van der Waals surface area contributed by atoms with E-state index in [1.807, 2.05) is 42.6 Å². The molecule has 0 atom stereocenters. The molecular formula is C19H17ClN2OS. The summed E-state index contributed by atoms with van der Waals surface area (Å²) in [7, 11) is 0. The molecule has 24 heavy (non-hydrogen) atoms. The molecule has 0 saturated carbocycles. The van der Waals surface area contributed by atoms with Crippen molar-refractivity contribution in [2.24, 2.45) is 0 Å². The summed E-state index contributed by atoms with van der Waals surface area (Å²) >= 11 is 1.57. The van der Waals surface area contributed by atoms with Crippen molar-refractivity contribution < 1.29 is 4.79 Å². The van der Waals surface area contributed by atoms with E-state index in [2.05, 4.69) is 9.97 Å². The predicted molar refractivity (Wildman–Crippen MR) is 102 cm³/mol. The molecule has 122 valence electrons. The number of allylic oxidation sites excluding steroid dienone is 1. The third-order valence-electron chi connectivity index (χ3n) is 3.50. The highest BCUT2D eigenvalue weighted by Crippen LogP contribution is 2.23. The molecule has 3 nitrogen and oxygen atoms in total. The lowest BCUT2D eigenvalue weighted by Crippen LogP contribution is -2.00. The quantitative estimate of drug-likeness (QED) is 0.472. The second-order valence-corrected chi connectivity index (χ2v) is 5.89. The van der Waals surface area contributed by atoms with E-state index in [9.17, 15) is 4.79 Å². The molecule has 1 aromatic carbocycles. The molecule has 0 aliphatic carbocycles. The predicted octanol–water partition coefficient (Wildman–Crippen LogP) is 5.09. The van der Waals surface area contributed by atoms with E-state index >= 15 is 0 Å². The SMILES string of the molecule is CCc1cnccc1C(=O)/C=C/c1csc(-c2ccccc2)n1.Cl. The molecule has 0 saturated heterocycles. The van der Waals surface area contributed by atoms with Gasteiger partial charge in [0, 0.05) is 28.9 Å². The fraction of sp³-hybridized carbons (Fsp3) is 0.105. The van der Waals surface area contributed by atoms with Gasteiger partial charge in [-0.25, -0.2) is 4.98 Å². The first-order valence-corrected chi connectivity index (χ1v) is 8.32. The summed E-state index contributed by atoms with van der Waals surface area (Å²) in [6.07, 6.45) is 7.54. The minimum atomic E-state index is -0.0153. The number of carbonyl (C=O) groups is 1. The fourth-order valence-corrected chi connectivity index (χ4v) is 3.07. The number of aromatic nitrogens is 2. The molecule has 2 aromatic heterocycles. The Labute approximate surface area is 151 Å². The van der Waals surface area contributed by atoms with Crippen molar-refractivity contribution in [2.75, 3.05) is 0 Å². The van der Waals surface area contributed by atoms with Crippen molar-refractivity contribution in [1.82, 2.24) is 9.97 Å². The van der Waals surface area contributed by atoms with Crippen LogP contribution in [-0.4, -0.2) is 15.8 Å². The average Bonchev–Trinajstić information content (AvgIpc) is 3.09. The zero-order valence-electron chi connectivity index (χ0n) is 13.2. The highest BCUT2D eigenvalue weighted by atomic mass is 35.5. The highest BCUT2D eigenvalue weighted by Gasteiger charge is 2.08. The van der Waals surface area contributed by atoms with Crippen LogP contribution in [0.1, 0.15) is 28.5 Å². The molecule has 3 rings (SSSR count). The molecule has 0 aliphatic heterocycles. The van der Waals surface area contributed by atoms with Crippen LogP contribution in [0.4, 0.5) is 0 Å². The Hall–Kier alpha value is -2.30. The molecule has 5 heteroatoms. The Morgan fingerprint density at radius 1 is 1.21 bits per heavy atom. The van der Waals surface area contributed by atoms with Gasteiger partial charge in [-0.1, -0.05) is 37.3 Å². The molecule has 0 radical (unpaired) electrons. The molecule has 0 amide bonds. The summed E-state index contributed by atoms with van der Waals surface area (Å²) in [6.45, 7) is 2.02. The number of rotatable bonds is 5. The van der Waals surface area contributed by atoms with Gasteiger partial charge in [0.15, 0.2) is 5.78 Å². The van der Waals surface area contributed by atoms with Gasteiger partial charge in [-0.15, -0.1) is 23.7 Å².